The highest BCUT2D eigenvalue weighted by molar-refractivity contribution is 7.89. The zero-order valence-electron chi connectivity index (χ0n) is 13.5. The highest BCUT2D eigenvalue weighted by atomic mass is 32.2. The third-order valence-electron chi connectivity index (χ3n) is 4.19. The fraction of sp³-hybridized carbons (Fsp3) is 0.353. The van der Waals surface area contributed by atoms with E-state index in [9.17, 15) is 13.2 Å². The number of ketones is 1. The molecule has 0 atom stereocenters. The largest absolute Gasteiger partial charge is 0.296 e. The molecule has 0 spiro atoms. The van der Waals surface area contributed by atoms with Crippen LogP contribution < -0.4 is 0 Å². The predicted octanol–water partition coefficient (Wildman–Crippen LogP) is 2.46. The maximum absolute atomic E-state index is 12.7. The van der Waals surface area contributed by atoms with Crippen molar-refractivity contribution < 1.29 is 13.2 Å². The Kier molecular flexibility index (Phi) is 5.15. The molecule has 0 aliphatic carbocycles. The Morgan fingerprint density at radius 2 is 1.75 bits per heavy atom. The van der Waals surface area contributed by atoms with E-state index in [2.05, 4.69) is 16.3 Å². The Labute approximate surface area is 146 Å². The number of hydrogen-bond acceptors (Lipinski definition) is 5. The Balaban J connectivity index is 1.65. The van der Waals surface area contributed by atoms with Crippen LogP contribution in [0.1, 0.15) is 22.2 Å². The first-order valence-corrected chi connectivity index (χ1v) is 10.1. The number of thiophene rings is 1. The lowest BCUT2D eigenvalue weighted by atomic mass is 10.2. The molecule has 0 saturated carbocycles. The Bertz CT molecular complexity index is 791. The molecule has 2 heterocycles. The maximum atomic E-state index is 12.7. The van der Waals surface area contributed by atoms with Crippen molar-refractivity contribution in [3.63, 3.8) is 0 Å². The molecule has 1 aromatic heterocycles. The summed E-state index contributed by atoms with van der Waals surface area (Å²) in [6.07, 6.45) is 0. The molecule has 7 heteroatoms. The highest BCUT2D eigenvalue weighted by Gasteiger charge is 2.28. The van der Waals surface area contributed by atoms with Crippen LogP contribution in [0.4, 0.5) is 0 Å². The van der Waals surface area contributed by atoms with E-state index in [0.717, 1.165) is 19.6 Å². The smallest absolute Gasteiger partial charge is 0.243 e. The van der Waals surface area contributed by atoms with E-state index in [4.69, 9.17) is 0 Å². The summed E-state index contributed by atoms with van der Waals surface area (Å²) in [5.74, 6) is -0.0684. The third kappa shape index (κ3) is 3.75. The summed E-state index contributed by atoms with van der Waals surface area (Å²) in [7, 11) is -3.49. The molecule has 1 aromatic carbocycles. The van der Waals surface area contributed by atoms with Crippen LogP contribution in [-0.4, -0.2) is 49.6 Å². The van der Waals surface area contributed by atoms with Crippen LogP contribution in [0, 0.1) is 0 Å². The number of carbonyl (C=O) groups is 1. The number of Topliss-reactive ketones (excluding diaryl/α,β-unsaturated/α-hetero) is 1. The number of benzene rings is 1. The second-order valence-electron chi connectivity index (χ2n) is 5.84. The van der Waals surface area contributed by atoms with Gasteiger partial charge in [-0.1, -0.05) is 18.2 Å². The summed E-state index contributed by atoms with van der Waals surface area (Å²) in [6.45, 7) is 4.77. The van der Waals surface area contributed by atoms with Gasteiger partial charge in [-0.15, -0.1) is 11.3 Å². The highest BCUT2D eigenvalue weighted by Crippen LogP contribution is 2.20. The van der Waals surface area contributed by atoms with E-state index >= 15 is 0 Å². The summed E-state index contributed by atoms with van der Waals surface area (Å²) in [5.41, 5.74) is 0.523. The molecular weight excluding hydrogens is 344 g/mol. The van der Waals surface area contributed by atoms with Gasteiger partial charge in [-0.25, -0.2) is 8.42 Å². The molecule has 0 bridgehead atoms. The molecule has 0 radical (unpaired) electrons. The van der Waals surface area contributed by atoms with Crippen molar-refractivity contribution in [2.24, 2.45) is 0 Å². The van der Waals surface area contributed by atoms with Crippen LogP contribution >= 0.6 is 11.3 Å². The average Bonchev–Trinajstić information content (AvgIpc) is 3.08. The summed E-state index contributed by atoms with van der Waals surface area (Å²) < 4.78 is 27.0. The van der Waals surface area contributed by atoms with Crippen LogP contribution in [0.25, 0.3) is 0 Å². The number of piperazine rings is 1. The second-order valence-corrected chi connectivity index (χ2v) is 8.81. The van der Waals surface area contributed by atoms with Gasteiger partial charge in [-0.2, -0.15) is 4.31 Å². The SMILES string of the molecule is CC(=O)c1ccc(S(=O)(=O)N2CCN(Cc3cccs3)CC2)cc1. The Morgan fingerprint density at radius 3 is 2.29 bits per heavy atom. The van der Waals surface area contributed by atoms with Crippen molar-refractivity contribution in [1.82, 2.24) is 9.21 Å². The first-order chi connectivity index (χ1) is 11.5. The molecule has 0 unspecified atom stereocenters. The number of nitrogens with zero attached hydrogens (tertiary/aromatic N) is 2. The van der Waals surface area contributed by atoms with E-state index in [-0.39, 0.29) is 10.7 Å². The van der Waals surface area contributed by atoms with Gasteiger partial charge in [0.25, 0.3) is 0 Å². The van der Waals surface area contributed by atoms with E-state index in [1.54, 1.807) is 23.5 Å². The van der Waals surface area contributed by atoms with Crippen molar-refractivity contribution in [1.29, 1.82) is 0 Å². The predicted molar refractivity (Wildman–Crippen MR) is 94.8 cm³/mol. The number of carbonyl (C=O) groups excluding carboxylic acids is 1. The number of sulfonamides is 1. The summed E-state index contributed by atoms with van der Waals surface area (Å²) in [6, 6.07) is 10.3. The molecule has 1 aliphatic rings. The lowest BCUT2D eigenvalue weighted by Crippen LogP contribution is -2.48. The lowest BCUT2D eigenvalue weighted by molar-refractivity contribution is 0.101. The molecule has 1 saturated heterocycles. The van der Waals surface area contributed by atoms with Gasteiger partial charge in [-0.3, -0.25) is 9.69 Å². The van der Waals surface area contributed by atoms with Crippen molar-refractivity contribution in [2.45, 2.75) is 18.4 Å². The molecule has 5 nitrogen and oxygen atoms in total. The first kappa shape index (κ1) is 17.3. The normalized spacial score (nSPS) is 17.0. The molecule has 2 aromatic rings. The van der Waals surface area contributed by atoms with E-state index in [1.165, 1.54) is 28.2 Å². The fourth-order valence-electron chi connectivity index (χ4n) is 2.76. The molecular formula is C17H20N2O3S2. The van der Waals surface area contributed by atoms with Gasteiger partial charge in [0.1, 0.15) is 0 Å². The lowest BCUT2D eigenvalue weighted by Gasteiger charge is -2.33. The van der Waals surface area contributed by atoms with Crippen LogP contribution in [0.15, 0.2) is 46.7 Å². The Hall–Kier alpha value is -1.54. The topological polar surface area (TPSA) is 57.7 Å². The van der Waals surface area contributed by atoms with E-state index in [1.807, 2.05) is 6.07 Å². The van der Waals surface area contributed by atoms with Crippen molar-refractivity contribution in [2.75, 3.05) is 26.2 Å². The third-order valence-corrected chi connectivity index (χ3v) is 6.96. The number of hydrogen-bond donors (Lipinski definition) is 0. The van der Waals surface area contributed by atoms with Crippen molar-refractivity contribution >= 4 is 27.1 Å². The molecule has 128 valence electrons. The van der Waals surface area contributed by atoms with Crippen LogP contribution in [-0.2, 0) is 16.6 Å². The average molecular weight is 364 g/mol. The number of rotatable bonds is 5. The van der Waals surface area contributed by atoms with Gasteiger partial charge in [-0.05, 0) is 30.5 Å². The zero-order valence-corrected chi connectivity index (χ0v) is 15.1. The Morgan fingerprint density at radius 1 is 1.08 bits per heavy atom. The molecule has 0 N–H and O–H groups in total. The molecule has 24 heavy (non-hydrogen) atoms. The summed E-state index contributed by atoms with van der Waals surface area (Å²) >= 11 is 1.72. The minimum absolute atomic E-state index is 0.0684. The van der Waals surface area contributed by atoms with Crippen LogP contribution in [0.2, 0.25) is 0 Å². The summed E-state index contributed by atoms with van der Waals surface area (Å²) in [4.78, 5) is 15.1. The minimum atomic E-state index is -3.49. The monoisotopic (exact) mass is 364 g/mol. The fourth-order valence-corrected chi connectivity index (χ4v) is 4.93. The van der Waals surface area contributed by atoms with Crippen LogP contribution in [0.5, 0.6) is 0 Å². The van der Waals surface area contributed by atoms with Crippen molar-refractivity contribution in [3.05, 3.63) is 52.2 Å². The molecule has 3 rings (SSSR count). The minimum Gasteiger partial charge on any atom is -0.296 e. The van der Waals surface area contributed by atoms with Crippen LogP contribution in [0.3, 0.4) is 0 Å². The van der Waals surface area contributed by atoms with Gasteiger partial charge in [0.2, 0.25) is 10.0 Å². The van der Waals surface area contributed by atoms with Crippen molar-refractivity contribution in [3.8, 4) is 0 Å². The second kappa shape index (κ2) is 7.14. The molecule has 0 amide bonds. The quantitative estimate of drug-likeness (QED) is 0.765. The zero-order chi connectivity index (χ0) is 17.2. The first-order valence-electron chi connectivity index (χ1n) is 7.83. The van der Waals surface area contributed by atoms with Gasteiger partial charge in [0.05, 0.1) is 4.90 Å². The molecule has 1 aliphatic heterocycles. The standard InChI is InChI=1S/C17H20N2O3S2/c1-14(20)15-4-6-17(7-5-15)24(21,22)19-10-8-18(9-11-19)13-16-3-2-12-23-16/h2-7,12H,8-11,13H2,1H3. The van der Waals surface area contributed by atoms with E-state index in [0.29, 0.717) is 18.7 Å². The summed E-state index contributed by atoms with van der Waals surface area (Å²) in [5, 5.41) is 2.06. The van der Waals surface area contributed by atoms with Gasteiger partial charge in [0.15, 0.2) is 5.78 Å². The van der Waals surface area contributed by atoms with Gasteiger partial charge < -0.3 is 0 Å². The van der Waals surface area contributed by atoms with Gasteiger partial charge in [0, 0.05) is 43.2 Å². The molecule has 1 fully saturated rings. The van der Waals surface area contributed by atoms with E-state index < -0.39 is 10.0 Å². The maximum Gasteiger partial charge on any atom is 0.243 e. The van der Waals surface area contributed by atoms with Gasteiger partial charge >= 0.3 is 0 Å².